The third-order valence-electron chi connectivity index (χ3n) is 7.44. The predicted octanol–water partition coefficient (Wildman–Crippen LogP) is 4.95. The summed E-state index contributed by atoms with van der Waals surface area (Å²) in [5.74, 6) is 2.96. The van der Waals surface area contributed by atoms with Gasteiger partial charge in [-0.2, -0.15) is 10.1 Å². The van der Waals surface area contributed by atoms with Crippen LogP contribution >= 0.6 is 11.3 Å². The Hall–Kier alpha value is -3.11. The van der Waals surface area contributed by atoms with Gasteiger partial charge in [0.05, 0.1) is 25.1 Å². The Morgan fingerprint density at radius 2 is 1.84 bits per heavy atom. The predicted molar refractivity (Wildman–Crippen MR) is 140 cm³/mol. The van der Waals surface area contributed by atoms with Gasteiger partial charge in [0.15, 0.2) is 5.82 Å². The minimum absolute atomic E-state index is 0.0541. The number of amides is 1. The van der Waals surface area contributed by atoms with Crippen LogP contribution in [0.4, 0.5) is 0 Å². The standard InChI is InChI=1S/C27H32N6O3S/c1-17(2)24-29-25(36-31-24)20-5-3-18(4-6-20)15-23-30-33-16-22(28-27(33)37-23)19-7-9-21(10-8-19)26(34)32-11-13-35-14-12-32/h7-10,16-18,20H,3-6,11-15H2,1-2H3. The molecule has 1 aliphatic heterocycles. The molecule has 2 aliphatic rings. The highest BCUT2D eigenvalue weighted by molar-refractivity contribution is 7.16. The zero-order valence-electron chi connectivity index (χ0n) is 21.3. The largest absolute Gasteiger partial charge is 0.378 e. The van der Waals surface area contributed by atoms with Crippen molar-refractivity contribution in [1.82, 2.24) is 29.6 Å². The van der Waals surface area contributed by atoms with Crippen molar-refractivity contribution < 1.29 is 14.1 Å². The van der Waals surface area contributed by atoms with Gasteiger partial charge >= 0.3 is 0 Å². The Balaban J connectivity index is 1.06. The maximum absolute atomic E-state index is 12.7. The van der Waals surface area contributed by atoms with Crippen molar-refractivity contribution >= 4 is 22.2 Å². The Morgan fingerprint density at radius 1 is 1.08 bits per heavy atom. The number of morpholine rings is 1. The fourth-order valence-electron chi connectivity index (χ4n) is 5.20. The first-order valence-electron chi connectivity index (χ1n) is 13.2. The Bertz CT molecular complexity index is 1330. The molecule has 0 atom stereocenters. The lowest BCUT2D eigenvalue weighted by atomic mass is 9.80. The van der Waals surface area contributed by atoms with Crippen molar-refractivity contribution in [2.75, 3.05) is 26.3 Å². The van der Waals surface area contributed by atoms with Crippen molar-refractivity contribution in [3.05, 3.63) is 52.7 Å². The summed E-state index contributed by atoms with van der Waals surface area (Å²) < 4.78 is 12.8. The maximum atomic E-state index is 12.7. The van der Waals surface area contributed by atoms with Crippen LogP contribution in [0.25, 0.3) is 16.2 Å². The molecule has 4 aromatic rings. The lowest BCUT2D eigenvalue weighted by Gasteiger charge is -2.26. The number of fused-ring (bicyclic) bond motifs is 1. The molecule has 0 unspecified atom stereocenters. The number of nitrogens with zero attached hydrogens (tertiary/aromatic N) is 6. The van der Waals surface area contributed by atoms with Crippen LogP contribution in [0.2, 0.25) is 0 Å². The molecule has 1 aliphatic carbocycles. The van der Waals surface area contributed by atoms with Crippen LogP contribution in [-0.4, -0.2) is 61.8 Å². The fraction of sp³-hybridized carbons (Fsp3) is 0.519. The van der Waals surface area contributed by atoms with Crippen LogP contribution in [0.3, 0.4) is 0 Å². The van der Waals surface area contributed by atoms with Crippen molar-refractivity contribution in [3.63, 3.8) is 0 Å². The quantitative estimate of drug-likeness (QED) is 0.355. The number of rotatable bonds is 6. The highest BCUT2D eigenvalue weighted by atomic mass is 32.1. The van der Waals surface area contributed by atoms with Gasteiger partial charge in [-0.15, -0.1) is 0 Å². The monoisotopic (exact) mass is 520 g/mol. The number of aromatic nitrogens is 5. The normalized spacial score (nSPS) is 20.7. The van der Waals surface area contributed by atoms with E-state index in [4.69, 9.17) is 19.3 Å². The first-order chi connectivity index (χ1) is 18.0. The molecule has 0 spiro atoms. The number of hydrogen-bond donors (Lipinski definition) is 0. The average Bonchev–Trinajstić information content (AvgIpc) is 3.65. The number of benzene rings is 1. The molecule has 4 heterocycles. The molecule has 1 aromatic carbocycles. The summed E-state index contributed by atoms with van der Waals surface area (Å²) >= 11 is 1.66. The number of carbonyl (C=O) groups is 1. The molecule has 1 saturated carbocycles. The highest BCUT2D eigenvalue weighted by Crippen LogP contribution is 2.37. The van der Waals surface area contributed by atoms with Gasteiger partial charge in [-0.05, 0) is 43.7 Å². The first kappa shape index (κ1) is 24.2. The Kier molecular flexibility index (Phi) is 6.77. The lowest BCUT2D eigenvalue weighted by Crippen LogP contribution is -2.40. The minimum atomic E-state index is 0.0541. The van der Waals surface area contributed by atoms with Crippen molar-refractivity contribution in [2.24, 2.45) is 5.92 Å². The zero-order chi connectivity index (χ0) is 25.4. The number of ether oxygens (including phenoxy) is 1. The van der Waals surface area contributed by atoms with E-state index in [1.54, 1.807) is 11.3 Å². The van der Waals surface area contributed by atoms with E-state index in [0.717, 1.165) is 65.0 Å². The summed E-state index contributed by atoms with van der Waals surface area (Å²) in [5.41, 5.74) is 2.55. The Labute approximate surface area is 219 Å². The molecule has 2 fully saturated rings. The molecule has 1 amide bonds. The summed E-state index contributed by atoms with van der Waals surface area (Å²) in [6.07, 6.45) is 7.42. The van der Waals surface area contributed by atoms with E-state index < -0.39 is 0 Å². The van der Waals surface area contributed by atoms with Crippen LogP contribution in [0.1, 0.15) is 78.4 Å². The van der Waals surface area contributed by atoms with E-state index in [2.05, 4.69) is 24.0 Å². The molecule has 0 N–H and O–H groups in total. The Morgan fingerprint density at radius 3 is 2.51 bits per heavy atom. The van der Waals surface area contributed by atoms with Gasteiger partial charge in [0, 0.05) is 42.5 Å². The van der Waals surface area contributed by atoms with Gasteiger partial charge in [-0.1, -0.05) is 42.5 Å². The summed E-state index contributed by atoms with van der Waals surface area (Å²) in [6.45, 7) is 6.67. The fourth-order valence-corrected chi connectivity index (χ4v) is 6.19. The molecule has 194 valence electrons. The van der Waals surface area contributed by atoms with Gasteiger partial charge in [0.2, 0.25) is 10.9 Å². The van der Waals surface area contributed by atoms with E-state index in [0.29, 0.717) is 49.6 Å². The first-order valence-corrected chi connectivity index (χ1v) is 14.0. The minimum Gasteiger partial charge on any atom is -0.378 e. The van der Waals surface area contributed by atoms with E-state index in [-0.39, 0.29) is 5.91 Å². The van der Waals surface area contributed by atoms with E-state index in [1.165, 1.54) is 0 Å². The molecule has 6 rings (SSSR count). The van der Waals surface area contributed by atoms with Crippen LogP contribution in [-0.2, 0) is 11.2 Å². The summed E-state index contributed by atoms with van der Waals surface area (Å²) in [5, 5.41) is 10.1. The van der Waals surface area contributed by atoms with Gasteiger partial charge in [-0.3, -0.25) is 4.79 Å². The SMILES string of the molecule is CC(C)c1noc(C2CCC(Cc3nn4cc(-c5ccc(C(=O)N6CCOCC6)cc5)nc4s3)CC2)n1. The molecule has 3 aromatic heterocycles. The van der Waals surface area contributed by atoms with E-state index >= 15 is 0 Å². The molecule has 9 nitrogen and oxygen atoms in total. The molecule has 10 heteroatoms. The topological polar surface area (TPSA) is 98.7 Å². The molecule has 0 bridgehead atoms. The second-order valence-corrected chi connectivity index (χ2v) is 11.4. The molecule has 37 heavy (non-hydrogen) atoms. The number of carbonyl (C=O) groups excluding carboxylic acids is 1. The van der Waals surface area contributed by atoms with Crippen LogP contribution in [0.5, 0.6) is 0 Å². The van der Waals surface area contributed by atoms with Crippen LogP contribution < -0.4 is 0 Å². The van der Waals surface area contributed by atoms with E-state index in [9.17, 15) is 4.79 Å². The molecular weight excluding hydrogens is 488 g/mol. The maximum Gasteiger partial charge on any atom is 0.254 e. The van der Waals surface area contributed by atoms with Gasteiger partial charge < -0.3 is 14.2 Å². The summed E-state index contributed by atoms with van der Waals surface area (Å²) in [6, 6.07) is 7.70. The second-order valence-electron chi connectivity index (χ2n) is 10.4. The highest BCUT2D eigenvalue weighted by Gasteiger charge is 2.28. The number of hydrogen-bond acceptors (Lipinski definition) is 8. The third kappa shape index (κ3) is 5.17. The van der Waals surface area contributed by atoms with Gasteiger partial charge in [0.25, 0.3) is 5.91 Å². The smallest absolute Gasteiger partial charge is 0.254 e. The molecule has 0 radical (unpaired) electrons. The second kappa shape index (κ2) is 10.3. The summed E-state index contributed by atoms with van der Waals surface area (Å²) in [4.78, 5) is 24.9. The van der Waals surface area contributed by atoms with Gasteiger partial charge in [-0.25, -0.2) is 9.50 Å². The number of imidazole rings is 1. The van der Waals surface area contributed by atoms with Crippen molar-refractivity contribution in [3.8, 4) is 11.3 Å². The van der Waals surface area contributed by atoms with Crippen LogP contribution in [0.15, 0.2) is 35.0 Å². The lowest BCUT2D eigenvalue weighted by molar-refractivity contribution is 0.0303. The van der Waals surface area contributed by atoms with E-state index in [1.807, 2.05) is 39.9 Å². The van der Waals surface area contributed by atoms with Crippen LogP contribution in [0, 0.1) is 5.92 Å². The van der Waals surface area contributed by atoms with Crippen molar-refractivity contribution in [2.45, 2.75) is 57.8 Å². The molecule has 1 saturated heterocycles. The molecular formula is C27H32N6O3S. The van der Waals surface area contributed by atoms with Crippen molar-refractivity contribution in [1.29, 1.82) is 0 Å². The summed E-state index contributed by atoms with van der Waals surface area (Å²) in [7, 11) is 0. The van der Waals surface area contributed by atoms with Gasteiger partial charge in [0.1, 0.15) is 5.01 Å². The zero-order valence-corrected chi connectivity index (χ0v) is 22.1. The third-order valence-corrected chi connectivity index (χ3v) is 8.39. The average molecular weight is 521 g/mol.